The van der Waals surface area contributed by atoms with Gasteiger partial charge in [0.05, 0.1) is 0 Å². The van der Waals surface area contributed by atoms with Crippen LogP contribution in [0.3, 0.4) is 0 Å². The van der Waals surface area contributed by atoms with Gasteiger partial charge in [-0.1, -0.05) is 39.0 Å². The van der Waals surface area contributed by atoms with Gasteiger partial charge in [0.15, 0.2) is 0 Å². The Labute approximate surface area is 94.8 Å². The fourth-order valence-corrected chi connectivity index (χ4v) is 4.04. The maximum absolute atomic E-state index is 2.39. The van der Waals surface area contributed by atoms with E-state index in [1.54, 1.807) is 57.8 Å². The molecule has 0 aliphatic heterocycles. The van der Waals surface area contributed by atoms with E-state index in [2.05, 4.69) is 6.92 Å². The molecule has 3 saturated carbocycles. The van der Waals surface area contributed by atoms with Crippen molar-refractivity contribution in [1.29, 1.82) is 0 Å². The molecule has 3 aliphatic carbocycles. The van der Waals surface area contributed by atoms with Gasteiger partial charge < -0.3 is 0 Å². The number of hydrogen-bond donors (Lipinski definition) is 0. The third-order valence-corrected chi connectivity index (χ3v) is 5.63. The third kappa shape index (κ3) is 2.10. The summed E-state index contributed by atoms with van der Waals surface area (Å²) in [5.41, 5.74) is 0.880. The molecule has 86 valence electrons. The van der Waals surface area contributed by atoms with Crippen molar-refractivity contribution in [2.24, 2.45) is 23.2 Å². The molecular formula is C15H26. The molecule has 0 heterocycles. The molecule has 0 nitrogen and oxygen atoms in total. The molecule has 0 saturated heterocycles. The van der Waals surface area contributed by atoms with Gasteiger partial charge in [-0.2, -0.15) is 0 Å². The van der Waals surface area contributed by atoms with Crippen molar-refractivity contribution >= 4 is 0 Å². The Morgan fingerprint density at radius 2 is 1.53 bits per heavy atom. The average molecular weight is 206 g/mol. The van der Waals surface area contributed by atoms with Crippen LogP contribution in [0.5, 0.6) is 0 Å². The van der Waals surface area contributed by atoms with Crippen molar-refractivity contribution in [2.45, 2.75) is 71.1 Å². The third-order valence-electron chi connectivity index (χ3n) is 5.63. The fourth-order valence-electron chi connectivity index (χ4n) is 4.04. The van der Waals surface area contributed by atoms with Gasteiger partial charge in [-0.05, 0) is 55.3 Å². The largest absolute Gasteiger partial charge is 0.0651 e. The minimum Gasteiger partial charge on any atom is -0.0651 e. The van der Waals surface area contributed by atoms with E-state index in [0.29, 0.717) is 0 Å². The lowest BCUT2D eigenvalue weighted by Crippen LogP contribution is -2.17. The Balaban J connectivity index is 1.40. The van der Waals surface area contributed by atoms with Crippen molar-refractivity contribution in [3.63, 3.8) is 0 Å². The average Bonchev–Trinajstić information content (AvgIpc) is 3.14. The quantitative estimate of drug-likeness (QED) is 0.621. The summed E-state index contributed by atoms with van der Waals surface area (Å²) in [5, 5.41) is 0. The summed E-state index contributed by atoms with van der Waals surface area (Å²) in [4.78, 5) is 0. The molecule has 3 fully saturated rings. The molecule has 0 aromatic heterocycles. The maximum atomic E-state index is 2.39. The second-order valence-corrected chi connectivity index (χ2v) is 6.64. The monoisotopic (exact) mass is 206 g/mol. The zero-order valence-corrected chi connectivity index (χ0v) is 10.3. The highest BCUT2D eigenvalue weighted by Gasteiger charge is 2.53. The van der Waals surface area contributed by atoms with E-state index in [1.165, 1.54) is 6.42 Å². The lowest BCUT2D eigenvalue weighted by molar-refractivity contribution is 0.224. The van der Waals surface area contributed by atoms with E-state index in [-0.39, 0.29) is 0 Å². The molecule has 0 N–H and O–H groups in total. The first kappa shape index (κ1) is 10.2. The summed E-state index contributed by atoms with van der Waals surface area (Å²) < 4.78 is 0. The van der Waals surface area contributed by atoms with E-state index < -0.39 is 0 Å². The maximum Gasteiger partial charge on any atom is -0.0266 e. The van der Waals surface area contributed by atoms with Crippen LogP contribution in [0.2, 0.25) is 0 Å². The second kappa shape index (κ2) is 3.79. The van der Waals surface area contributed by atoms with Gasteiger partial charge in [0.2, 0.25) is 0 Å². The first-order chi connectivity index (χ1) is 7.32. The Bertz CT molecular complexity index is 218. The van der Waals surface area contributed by atoms with Crippen LogP contribution in [-0.4, -0.2) is 0 Å². The van der Waals surface area contributed by atoms with Gasteiger partial charge in [-0.15, -0.1) is 0 Å². The first-order valence-electron chi connectivity index (χ1n) is 7.32. The molecule has 3 rings (SSSR count). The highest BCUT2D eigenvalue weighted by atomic mass is 14.6. The molecule has 1 atom stereocenters. The normalized spacial score (nSPS) is 44.6. The van der Waals surface area contributed by atoms with Crippen LogP contribution in [-0.2, 0) is 0 Å². The van der Waals surface area contributed by atoms with E-state index in [9.17, 15) is 0 Å². The van der Waals surface area contributed by atoms with Crippen LogP contribution in [0.15, 0.2) is 0 Å². The van der Waals surface area contributed by atoms with Gasteiger partial charge in [0, 0.05) is 0 Å². The molecule has 15 heavy (non-hydrogen) atoms. The fraction of sp³-hybridized carbons (Fsp3) is 1.00. The van der Waals surface area contributed by atoms with Gasteiger partial charge in [0.1, 0.15) is 0 Å². The highest BCUT2D eigenvalue weighted by molar-refractivity contribution is 5.03. The van der Waals surface area contributed by atoms with Crippen molar-refractivity contribution in [3.05, 3.63) is 0 Å². The molecule has 3 aliphatic rings. The number of rotatable bonds is 4. The van der Waals surface area contributed by atoms with Gasteiger partial charge in [-0.25, -0.2) is 0 Å². The predicted octanol–water partition coefficient (Wildman–Crippen LogP) is 4.78. The van der Waals surface area contributed by atoms with Gasteiger partial charge in [0.25, 0.3) is 0 Å². The predicted molar refractivity (Wildman–Crippen MR) is 64.7 cm³/mol. The summed E-state index contributed by atoms with van der Waals surface area (Å²) in [7, 11) is 0. The lowest BCUT2D eigenvalue weighted by Gasteiger charge is -2.29. The standard InChI is InChI=1S/C15H26/c1-2-14-11-15(14)9-7-13(8-10-15)6-5-12-3-4-12/h12-14H,2-11H2,1H3. The molecule has 0 aromatic carbocycles. The Morgan fingerprint density at radius 3 is 2.00 bits per heavy atom. The van der Waals surface area contributed by atoms with Crippen molar-refractivity contribution in [2.75, 3.05) is 0 Å². The SMILES string of the molecule is CCC1CC12CCC(CCC1CC1)CC2. The minimum absolute atomic E-state index is 0.880. The van der Waals surface area contributed by atoms with Crippen LogP contribution in [0, 0.1) is 23.2 Å². The van der Waals surface area contributed by atoms with Gasteiger partial charge in [-0.3, -0.25) is 0 Å². The lowest BCUT2D eigenvalue weighted by atomic mass is 9.76. The summed E-state index contributed by atoms with van der Waals surface area (Å²) in [5.74, 6) is 3.40. The van der Waals surface area contributed by atoms with Crippen LogP contribution in [0.25, 0.3) is 0 Å². The summed E-state index contributed by atoms with van der Waals surface area (Å²) in [6.45, 7) is 2.39. The molecule has 1 spiro atoms. The van der Waals surface area contributed by atoms with Crippen molar-refractivity contribution in [3.8, 4) is 0 Å². The molecule has 0 heteroatoms. The zero-order chi connectivity index (χ0) is 10.3. The van der Waals surface area contributed by atoms with Crippen LogP contribution < -0.4 is 0 Å². The molecular weight excluding hydrogens is 180 g/mol. The summed E-state index contributed by atoms with van der Waals surface area (Å²) in [6.07, 6.45) is 15.6. The second-order valence-electron chi connectivity index (χ2n) is 6.64. The van der Waals surface area contributed by atoms with Gasteiger partial charge >= 0.3 is 0 Å². The molecule has 0 radical (unpaired) electrons. The molecule has 1 unspecified atom stereocenters. The molecule has 0 aromatic rings. The van der Waals surface area contributed by atoms with Crippen LogP contribution >= 0.6 is 0 Å². The highest BCUT2D eigenvalue weighted by Crippen LogP contribution is 2.63. The molecule has 0 bridgehead atoms. The Hall–Kier alpha value is 0. The summed E-state index contributed by atoms with van der Waals surface area (Å²) in [6, 6.07) is 0. The zero-order valence-electron chi connectivity index (χ0n) is 10.3. The van der Waals surface area contributed by atoms with E-state index in [0.717, 1.165) is 23.2 Å². The van der Waals surface area contributed by atoms with Crippen molar-refractivity contribution < 1.29 is 0 Å². The molecule has 0 amide bonds. The number of hydrogen-bond acceptors (Lipinski definition) is 0. The van der Waals surface area contributed by atoms with Crippen molar-refractivity contribution in [1.82, 2.24) is 0 Å². The Morgan fingerprint density at radius 1 is 0.933 bits per heavy atom. The smallest absolute Gasteiger partial charge is 0.0266 e. The Kier molecular flexibility index (Phi) is 2.57. The van der Waals surface area contributed by atoms with E-state index >= 15 is 0 Å². The summed E-state index contributed by atoms with van der Waals surface area (Å²) >= 11 is 0. The van der Waals surface area contributed by atoms with Crippen LogP contribution in [0.1, 0.15) is 71.1 Å². The minimum atomic E-state index is 0.880. The van der Waals surface area contributed by atoms with E-state index in [4.69, 9.17) is 0 Å². The van der Waals surface area contributed by atoms with E-state index in [1.807, 2.05) is 0 Å². The first-order valence-corrected chi connectivity index (χ1v) is 7.32. The topological polar surface area (TPSA) is 0 Å². The van der Waals surface area contributed by atoms with Crippen LogP contribution in [0.4, 0.5) is 0 Å².